The Morgan fingerprint density at radius 2 is 1.96 bits per heavy atom. The number of aryl methyl sites for hydroxylation is 1. The van der Waals surface area contributed by atoms with Crippen molar-refractivity contribution in [3.8, 4) is 5.75 Å². The minimum absolute atomic E-state index is 0.134. The Morgan fingerprint density at radius 1 is 1.18 bits per heavy atom. The van der Waals surface area contributed by atoms with E-state index >= 15 is 0 Å². The average Bonchev–Trinajstić information content (AvgIpc) is 3.16. The largest absolute Gasteiger partial charge is 0.493 e. The Hall–Kier alpha value is -3.00. The zero-order valence-corrected chi connectivity index (χ0v) is 16.6. The molecule has 0 saturated heterocycles. The number of carbonyl (C=O) groups is 1. The van der Waals surface area contributed by atoms with Gasteiger partial charge in [-0.15, -0.1) is 0 Å². The number of nitrogens with two attached hydrogens (primary N) is 1. The number of aliphatic imine (C=N–C) groups is 1. The van der Waals surface area contributed by atoms with Crippen LogP contribution in [0.2, 0.25) is 0 Å². The van der Waals surface area contributed by atoms with Gasteiger partial charge in [-0.05, 0) is 30.7 Å². The highest BCUT2D eigenvalue weighted by molar-refractivity contribution is 5.89. The van der Waals surface area contributed by atoms with Gasteiger partial charge >= 0.3 is 0 Å². The van der Waals surface area contributed by atoms with Crippen LogP contribution >= 0.6 is 0 Å². The average molecular weight is 388 g/mol. The van der Waals surface area contributed by atoms with Gasteiger partial charge in [0.25, 0.3) is 5.91 Å². The fraction of sp³-hybridized carbons (Fsp3) is 0.400. The number of amides is 1. The van der Waals surface area contributed by atoms with Crippen LogP contribution in [0.4, 0.5) is 0 Å². The molecule has 1 heterocycles. The lowest BCUT2D eigenvalue weighted by Crippen LogP contribution is -2.36. The molecule has 0 aliphatic heterocycles. The van der Waals surface area contributed by atoms with Crippen LogP contribution < -0.4 is 21.1 Å². The van der Waals surface area contributed by atoms with Crippen LogP contribution in [0.1, 0.15) is 33.9 Å². The van der Waals surface area contributed by atoms with Crippen LogP contribution in [0.15, 0.2) is 39.7 Å². The zero-order valence-electron chi connectivity index (χ0n) is 16.6. The number of nitrogens with one attached hydrogen (secondary N) is 2. The van der Waals surface area contributed by atoms with Crippen molar-refractivity contribution in [3.63, 3.8) is 0 Å². The van der Waals surface area contributed by atoms with E-state index in [2.05, 4.69) is 15.6 Å². The number of carbonyl (C=O) groups excluding carboxylic acids is 1. The summed E-state index contributed by atoms with van der Waals surface area (Å²) in [5.41, 5.74) is 7.35. The van der Waals surface area contributed by atoms with E-state index in [1.165, 1.54) is 0 Å². The van der Waals surface area contributed by atoms with Crippen molar-refractivity contribution in [2.24, 2.45) is 10.7 Å². The van der Waals surface area contributed by atoms with E-state index in [9.17, 15) is 4.79 Å². The highest BCUT2D eigenvalue weighted by Crippen LogP contribution is 2.20. The lowest BCUT2D eigenvalue weighted by molar-refractivity contribution is 0.0972. The number of benzene rings is 1. The van der Waals surface area contributed by atoms with Gasteiger partial charge in [-0.25, -0.2) is 0 Å². The molecule has 0 unspecified atom stereocenters. The molecule has 0 bridgehead atoms. The number of methoxy groups -OCH3 is 1. The first kappa shape index (κ1) is 21.3. The summed E-state index contributed by atoms with van der Waals surface area (Å²) in [5.74, 6) is 1.58. The second kappa shape index (κ2) is 11.0. The van der Waals surface area contributed by atoms with Gasteiger partial charge < -0.3 is 30.3 Å². The van der Waals surface area contributed by atoms with E-state index in [1.807, 2.05) is 25.1 Å². The molecular weight excluding hydrogens is 360 g/mol. The maximum Gasteiger partial charge on any atom is 0.284 e. The predicted octanol–water partition coefficient (Wildman–Crippen LogP) is 1.97. The van der Waals surface area contributed by atoms with E-state index in [4.69, 9.17) is 19.6 Å². The minimum atomic E-state index is -0.592. The van der Waals surface area contributed by atoms with Crippen LogP contribution in [0.3, 0.4) is 0 Å². The van der Waals surface area contributed by atoms with Gasteiger partial charge in [0.15, 0.2) is 11.7 Å². The molecule has 1 amide bonds. The fourth-order valence-electron chi connectivity index (χ4n) is 2.50. The summed E-state index contributed by atoms with van der Waals surface area (Å²) in [5, 5.41) is 6.38. The van der Waals surface area contributed by atoms with Crippen LogP contribution in [-0.4, -0.2) is 39.2 Å². The number of primary amides is 1. The standard InChI is InChI=1S/C20H28N4O4/c1-14-5-6-15(18(11-14)27-10-4-9-26-3)12-23-20(22-2)24-13-16-7-8-17(28-16)19(21)25/h5-8,11H,4,9-10,12-13H2,1-3H3,(H2,21,25)(H2,22,23,24). The highest BCUT2D eigenvalue weighted by atomic mass is 16.5. The lowest BCUT2D eigenvalue weighted by Gasteiger charge is -2.15. The van der Waals surface area contributed by atoms with Crippen molar-refractivity contribution in [1.29, 1.82) is 0 Å². The summed E-state index contributed by atoms with van der Waals surface area (Å²) in [6.45, 7) is 4.22. The first-order chi connectivity index (χ1) is 13.5. The van der Waals surface area contributed by atoms with Gasteiger partial charge in [-0.2, -0.15) is 0 Å². The maximum atomic E-state index is 11.1. The van der Waals surface area contributed by atoms with E-state index < -0.39 is 5.91 Å². The Morgan fingerprint density at radius 3 is 2.64 bits per heavy atom. The molecule has 2 aromatic rings. The number of guanidine groups is 1. The number of furan rings is 1. The van der Waals surface area contributed by atoms with Crippen molar-refractivity contribution < 1.29 is 18.7 Å². The molecule has 0 spiro atoms. The third-order valence-electron chi connectivity index (χ3n) is 3.98. The van der Waals surface area contributed by atoms with Gasteiger partial charge in [0.1, 0.15) is 11.5 Å². The van der Waals surface area contributed by atoms with Crippen molar-refractivity contribution in [1.82, 2.24) is 10.6 Å². The van der Waals surface area contributed by atoms with E-state index in [1.54, 1.807) is 26.3 Å². The van der Waals surface area contributed by atoms with Crippen molar-refractivity contribution in [3.05, 3.63) is 53.0 Å². The van der Waals surface area contributed by atoms with Crippen molar-refractivity contribution >= 4 is 11.9 Å². The summed E-state index contributed by atoms with van der Waals surface area (Å²) in [4.78, 5) is 15.3. The van der Waals surface area contributed by atoms with Gasteiger partial charge in [0.05, 0.1) is 13.2 Å². The molecule has 1 aromatic carbocycles. The monoisotopic (exact) mass is 388 g/mol. The van der Waals surface area contributed by atoms with Crippen molar-refractivity contribution in [2.75, 3.05) is 27.4 Å². The Labute approximate surface area is 165 Å². The predicted molar refractivity (Wildman–Crippen MR) is 107 cm³/mol. The zero-order chi connectivity index (χ0) is 20.4. The number of hydrogen-bond donors (Lipinski definition) is 3. The number of nitrogens with zero attached hydrogens (tertiary/aromatic N) is 1. The molecule has 4 N–H and O–H groups in total. The molecule has 0 aliphatic rings. The van der Waals surface area contributed by atoms with Crippen LogP contribution in [0.5, 0.6) is 5.75 Å². The van der Waals surface area contributed by atoms with E-state index in [0.29, 0.717) is 38.0 Å². The molecule has 2 rings (SSSR count). The van der Waals surface area contributed by atoms with Crippen LogP contribution in [0, 0.1) is 6.92 Å². The molecule has 0 saturated carbocycles. The minimum Gasteiger partial charge on any atom is -0.493 e. The highest BCUT2D eigenvalue weighted by Gasteiger charge is 2.09. The Kier molecular flexibility index (Phi) is 8.36. The summed E-state index contributed by atoms with van der Waals surface area (Å²) >= 11 is 0. The summed E-state index contributed by atoms with van der Waals surface area (Å²) < 4.78 is 16.3. The molecular formula is C20H28N4O4. The molecule has 0 atom stereocenters. The second-order valence-corrected chi connectivity index (χ2v) is 6.22. The normalized spacial score (nSPS) is 11.3. The smallest absolute Gasteiger partial charge is 0.284 e. The second-order valence-electron chi connectivity index (χ2n) is 6.22. The van der Waals surface area contributed by atoms with Gasteiger partial charge in [-0.3, -0.25) is 9.79 Å². The summed E-state index contributed by atoms with van der Waals surface area (Å²) in [6.07, 6.45) is 0.830. The number of rotatable bonds is 10. The molecule has 152 valence electrons. The van der Waals surface area contributed by atoms with E-state index in [-0.39, 0.29) is 5.76 Å². The Balaban J connectivity index is 1.90. The van der Waals surface area contributed by atoms with E-state index in [0.717, 1.165) is 23.3 Å². The van der Waals surface area contributed by atoms with Crippen LogP contribution in [0.25, 0.3) is 0 Å². The fourth-order valence-corrected chi connectivity index (χ4v) is 2.50. The number of ether oxygens (including phenoxy) is 2. The summed E-state index contributed by atoms with van der Waals surface area (Å²) in [7, 11) is 3.36. The molecule has 0 radical (unpaired) electrons. The molecule has 28 heavy (non-hydrogen) atoms. The lowest BCUT2D eigenvalue weighted by atomic mass is 10.1. The maximum absolute atomic E-state index is 11.1. The molecule has 0 fully saturated rings. The topological polar surface area (TPSA) is 111 Å². The SMILES string of the molecule is CN=C(NCc1ccc(C(N)=O)o1)NCc1ccc(C)cc1OCCCOC. The number of hydrogen-bond acceptors (Lipinski definition) is 5. The van der Waals surface area contributed by atoms with Crippen molar-refractivity contribution in [2.45, 2.75) is 26.4 Å². The van der Waals surface area contributed by atoms with Crippen LogP contribution in [-0.2, 0) is 17.8 Å². The molecule has 1 aromatic heterocycles. The van der Waals surface area contributed by atoms with Gasteiger partial charge in [0.2, 0.25) is 0 Å². The first-order valence-corrected chi connectivity index (χ1v) is 9.07. The first-order valence-electron chi connectivity index (χ1n) is 9.07. The molecule has 8 heteroatoms. The third kappa shape index (κ3) is 6.62. The molecule has 0 aliphatic carbocycles. The molecule has 8 nitrogen and oxygen atoms in total. The summed E-state index contributed by atoms with van der Waals surface area (Å²) in [6, 6.07) is 9.35. The van der Waals surface area contributed by atoms with Gasteiger partial charge in [-0.1, -0.05) is 12.1 Å². The Bertz CT molecular complexity index is 801. The van der Waals surface area contributed by atoms with Gasteiger partial charge in [0, 0.05) is 39.3 Å². The third-order valence-corrected chi connectivity index (χ3v) is 3.98. The quantitative estimate of drug-likeness (QED) is 0.326.